The first-order chi connectivity index (χ1) is 12.7. The maximum absolute atomic E-state index is 12.4. The van der Waals surface area contributed by atoms with Crippen LogP contribution in [0.15, 0.2) is 24.4 Å². The summed E-state index contributed by atoms with van der Waals surface area (Å²) in [6, 6.07) is 2.95. The van der Waals surface area contributed by atoms with Crippen molar-refractivity contribution in [1.82, 2.24) is 20.3 Å². The minimum absolute atomic E-state index is 0.0759. The van der Waals surface area contributed by atoms with E-state index in [4.69, 9.17) is 4.55 Å². The summed E-state index contributed by atoms with van der Waals surface area (Å²) in [5.74, 6) is -0.746. The SMILES string of the molecule is O=C(CNC(=O)[C@@H]1CC[C@@H]2CN1C(=O)N2OS(=O)(=O)O)Cc1ccccn1. The predicted octanol–water partition coefficient (Wildman–Crippen LogP) is -0.688. The molecule has 0 saturated carbocycles. The molecule has 2 bridgehead atoms. The Morgan fingerprint density at radius 2 is 2.11 bits per heavy atom. The van der Waals surface area contributed by atoms with Crippen LogP contribution in [0.4, 0.5) is 4.79 Å². The summed E-state index contributed by atoms with van der Waals surface area (Å²) in [7, 11) is -4.84. The molecule has 0 unspecified atom stereocenters. The molecule has 146 valence electrons. The van der Waals surface area contributed by atoms with E-state index in [1.165, 1.54) is 0 Å². The van der Waals surface area contributed by atoms with E-state index in [9.17, 15) is 22.8 Å². The number of nitrogens with zero attached hydrogens (tertiary/aromatic N) is 3. The molecule has 27 heavy (non-hydrogen) atoms. The molecule has 11 nitrogen and oxygen atoms in total. The average molecular weight is 398 g/mol. The fourth-order valence-electron chi connectivity index (χ4n) is 3.17. The van der Waals surface area contributed by atoms with Gasteiger partial charge in [0.1, 0.15) is 6.04 Å². The number of urea groups is 1. The van der Waals surface area contributed by atoms with Gasteiger partial charge in [-0.3, -0.25) is 19.1 Å². The van der Waals surface area contributed by atoms with Gasteiger partial charge in [0.2, 0.25) is 5.91 Å². The van der Waals surface area contributed by atoms with Crippen LogP contribution in [-0.2, 0) is 30.7 Å². The van der Waals surface area contributed by atoms with Crippen LogP contribution in [0.1, 0.15) is 18.5 Å². The van der Waals surface area contributed by atoms with Crippen LogP contribution in [0.2, 0.25) is 0 Å². The van der Waals surface area contributed by atoms with E-state index in [1.807, 2.05) is 0 Å². The number of Topliss-reactive ketones (excluding diaryl/α,β-unsaturated/α-hetero) is 1. The van der Waals surface area contributed by atoms with Crippen LogP contribution in [0.3, 0.4) is 0 Å². The molecule has 3 rings (SSSR count). The van der Waals surface area contributed by atoms with Gasteiger partial charge in [0.25, 0.3) is 0 Å². The molecule has 0 aliphatic carbocycles. The predicted molar refractivity (Wildman–Crippen MR) is 89.3 cm³/mol. The maximum Gasteiger partial charge on any atom is 0.418 e. The number of aromatic nitrogens is 1. The van der Waals surface area contributed by atoms with Crippen LogP contribution >= 0.6 is 0 Å². The number of nitrogens with one attached hydrogen (secondary N) is 1. The fraction of sp³-hybridized carbons (Fsp3) is 0.467. The van der Waals surface area contributed by atoms with Gasteiger partial charge in [0, 0.05) is 18.4 Å². The van der Waals surface area contributed by atoms with Gasteiger partial charge in [-0.1, -0.05) is 6.07 Å². The third kappa shape index (κ3) is 4.59. The zero-order valence-corrected chi connectivity index (χ0v) is 15.0. The van der Waals surface area contributed by atoms with Crippen LogP contribution in [0.5, 0.6) is 0 Å². The van der Waals surface area contributed by atoms with E-state index in [-0.39, 0.29) is 31.7 Å². The lowest BCUT2D eigenvalue weighted by Crippen LogP contribution is -2.50. The highest BCUT2D eigenvalue weighted by Gasteiger charge is 2.49. The lowest BCUT2D eigenvalue weighted by Gasteiger charge is -2.29. The van der Waals surface area contributed by atoms with Gasteiger partial charge in [0.15, 0.2) is 5.78 Å². The van der Waals surface area contributed by atoms with Gasteiger partial charge in [0.05, 0.1) is 19.0 Å². The molecule has 1 aromatic heterocycles. The molecule has 2 aliphatic heterocycles. The number of fused-ring (bicyclic) bond motifs is 2. The van der Waals surface area contributed by atoms with E-state index < -0.39 is 34.4 Å². The Hall–Kier alpha value is -2.57. The number of amides is 3. The standard InChI is InChI=1S/C15H18N4O7S/c20-12(7-10-3-1-2-6-16-10)8-17-14(21)13-5-4-11-9-18(13)15(22)19(11)26-27(23,24)25/h1-3,6,11,13H,4-5,7-9H2,(H,17,21)(H,23,24,25)/t11-,13+/m1/s1. The molecule has 2 N–H and O–H groups in total. The Balaban J connectivity index is 1.55. The lowest BCUT2D eigenvalue weighted by atomic mass is 10.0. The van der Waals surface area contributed by atoms with E-state index in [1.54, 1.807) is 24.4 Å². The van der Waals surface area contributed by atoms with Crippen LogP contribution in [-0.4, -0.2) is 70.8 Å². The van der Waals surface area contributed by atoms with E-state index in [0.717, 1.165) is 4.90 Å². The third-order valence-corrected chi connectivity index (χ3v) is 4.71. The highest BCUT2D eigenvalue weighted by atomic mass is 32.3. The second-order valence-electron chi connectivity index (χ2n) is 6.26. The molecule has 3 heterocycles. The van der Waals surface area contributed by atoms with Crippen LogP contribution < -0.4 is 5.32 Å². The molecule has 1 aromatic rings. The summed E-state index contributed by atoms with van der Waals surface area (Å²) >= 11 is 0. The number of piperidine rings is 1. The monoisotopic (exact) mass is 398 g/mol. The van der Waals surface area contributed by atoms with E-state index >= 15 is 0 Å². The van der Waals surface area contributed by atoms with Crippen molar-refractivity contribution in [3.8, 4) is 0 Å². The second-order valence-corrected chi connectivity index (χ2v) is 7.27. The summed E-state index contributed by atoms with van der Waals surface area (Å²) in [6.07, 6.45) is 2.24. The van der Waals surface area contributed by atoms with Crippen molar-refractivity contribution in [2.45, 2.75) is 31.3 Å². The number of pyridine rings is 1. The summed E-state index contributed by atoms with van der Waals surface area (Å²) < 4.78 is 34.8. The van der Waals surface area contributed by atoms with Gasteiger partial charge >= 0.3 is 16.4 Å². The first kappa shape index (κ1) is 19.2. The van der Waals surface area contributed by atoms with Crippen molar-refractivity contribution in [2.75, 3.05) is 13.1 Å². The molecular weight excluding hydrogens is 380 g/mol. The smallest absolute Gasteiger partial charge is 0.347 e. The van der Waals surface area contributed by atoms with Gasteiger partial charge in [-0.2, -0.15) is 13.5 Å². The number of ketones is 1. The van der Waals surface area contributed by atoms with Gasteiger partial charge < -0.3 is 10.2 Å². The summed E-state index contributed by atoms with van der Waals surface area (Å²) in [6.45, 7) is -0.114. The quantitative estimate of drug-likeness (QED) is 0.574. The van der Waals surface area contributed by atoms with Crippen molar-refractivity contribution < 1.29 is 31.6 Å². The van der Waals surface area contributed by atoms with Crippen molar-refractivity contribution in [3.05, 3.63) is 30.1 Å². The maximum atomic E-state index is 12.4. The van der Waals surface area contributed by atoms with Crippen LogP contribution in [0, 0.1) is 0 Å². The largest absolute Gasteiger partial charge is 0.418 e. The Kier molecular flexibility index (Phi) is 5.39. The van der Waals surface area contributed by atoms with E-state index in [2.05, 4.69) is 14.6 Å². The number of hydrogen-bond donors (Lipinski definition) is 2. The zero-order valence-electron chi connectivity index (χ0n) is 14.1. The fourth-order valence-corrected chi connectivity index (χ4v) is 3.56. The van der Waals surface area contributed by atoms with Gasteiger partial charge in [-0.05, 0) is 25.0 Å². The number of hydroxylamine groups is 2. The molecule has 2 saturated heterocycles. The van der Waals surface area contributed by atoms with Crippen molar-refractivity contribution in [3.63, 3.8) is 0 Å². The number of hydrogen-bond acceptors (Lipinski definition) is 7. The summed E-state index contributed by atoms with van der Waals surface area (Å²) in [5, 5.41) is 3.07. The van der Waals surface area contributed by atoms with Crippen LogP contribution in [0.25, 0.3) is 0 Å². The first-order valence-corrected chi connectivity index (χ1v) is 9.57. The molecule has 0 spiro atoms. The first-order valence-electron chi connectivity index (χ1n) is 8.21. The molecule has 0 radical (unpaired) electrons. The number of carbonyl (C=O) groups is 3. The highest BCUT2D eigenvalue weighted by molar-refractivity contribution is 7.80. The van der Waals surface area contributed by atoms with Gasteiger partial charge in [-0.15, -0.1) is 4.28 Å². The summed E-state index contributed by atoms with van der Waals surface area (Å²) in [4.78, 5) is 41.8. The van der Waals surface area contributed by atoms with Crippen molar-refractivity contribution in [2.24, 2.45) is 0 Å². The molecule has 3 amide bonds. The number of carbonyl (C=O) groups excluding carboxylic acids is 3. The number of rotatable bonds is 7. The topological polar surface area (TPSA) is 146 Å². The normalized spacial score (nSPS) is 22.0. The lowest BCUT2D eigenvalue weighted by molar-refractivity contribution is -0.128. The Labute approximate surface area is 155 Å². The molecule has 2 atom stereocenters. The minimum Gasteiger partial charge on any atom is -0.347 e. The Morgan fingerprint density at radius 3 is 2.78 bits per heavy atom. The molecular formula is C15H18N4O7S. The average Bonchev–Trinajstić information content (AvgIpc) is 2.84. The molecule has 2 aliphatic rings. The minimum atomic E-state index is -4.84. The third-order valence-electron chi connectivity index (χ3n) is 4.36. The molecule has 12 heteroatoms. The van der Waals surface area contributed by atoms with Crippen molar-refractivity contribution in [1.29, 1.82) is 0 Å². The van der Waals surface area contributed by atoms with Gasteiger partial charge in [-0.25, -0.2) is 4.79 Å². The molecule has 0 aromatic carbocycles. The summed E-state index contributed by atoms with van der Waals surface area (Å²) in [5.41, 5.74) is 0.588. The Morgan fingerprint density at radius 1 is 1.33 bits per heavy atom. The highest BCUT2D eigenvalue weighted by Crippen LogP contribution is 2.30. The second kappa shape index (κ2) is 7.58. The zero-order chi connectivity index (χ0) is 19.6. The Bertz CT molecular complexity index is 845. The van der Waals surface area contributed by atoms with E-state index in [0.29, 0.717) is 17.2 Å². The van der Waals surface area contributed by atoms with Crippen molar-refractivity contribution >= 4 is 28.1 Å². The molecule has 2 fully saturated rings.